The number of rotatable bonds is 8. The van der Waals surface area contributed by atoms with E-state index in [1.807, 2.05) is 30.3 Å². The fourth-order valence-corrected chi connectivity index (χ4v) is 4.02. The number of H-pyrrole nitrogens is 1. The van der Waals surface area contributed by atoms with Crippen LogP contribution in [0.1, 0.15) is 0 Å². The van der Waals surface area contributed by atoms with Gasteiger partial charge in [0.2, 0.25) is 0 Å². The lowest BCUT2D eigenvalue weighted by Gasteiger charge is -2.13. The zero-order valence-electron chi connectivity index (χ0n) is 16.6. The number of nitrogens with one attached hydrogen (secondary N) is 3. The van der Waals surface area contributed by atoms with Crippen molar-refractivity contribution in [3.63, 3.8) is 0 Å². The SMILES string of the molecule is Nc1nc(NCCNc2ccc(-c3ncc[nH]3)c(-c3ccc(I)cc3Cl)n2)ccc1N=O. The minimum Gasteiger partial charge on any atom is -0.382 e. The van der Waals surface area contributed by atoms with Gasteiger partial charge in [0.25, 0.3) is 0 Å². The highest BCUT2D eigenvalue weighted by molar-refractivity contribution is 14.1. The van der Waals surface area contributed by atoms with Crippen molar-refractivity contribution >= 4 is 57.3 Å². The van der Waals surface area contributed by atoms with Crippen molar-refractivity contribution < 1.29 is 0 Å². The topological polar surface area (TPSA) is 134 Å². The second-order valence-electron chi connectivity index (χ2n) is 6.70. The molecule has 0 spiro atoms. The van der Waals surface area contributed by atoms with Gasteiger partial charge in [-0.15, -0.1) is 4.91 Å². The Hall–Kier alpha value is -3.25. The molecule has 5 N–H and O–H groups in total. The lowest BCUT2D eigenvalue weighted by molar-refractivity contribution is 1.05. The van der Waals surface area contributed by atoms with Gasteiger partial charge in [-0.1, -0.05) is 17.7 Å². The minimum absolute atomic E-state index is 0.0900. The third-order valence-electron chi connectivity index (χ3n) is 4.57. The molecule has 4 rings (SSSR count). The number of nitrogens with zero attached hydrogens (tertiary/aromatic N) is 4. The first kappa shape index (κ1) is 22.0. The summed E-state index contributed by atoms with van der Waals surface area (Å²) in [6.45, 7) is 1.13. The van der Waals surface area contributed by atoms with Crippen LogP contribution in [0.25, 0.3) is 22.6 Å². The number of nitrogens with two attached hydrogens (primary N) is 1. The van der Waals surface area contributed by atoms with Crippen LogP contribution >= 0.6 is 34.2 Å². The predicted molar refractivity (Wildman–Crippen MR) is 136 cm³/mol. The van der Waals surface area contributed by atoms with Crippen molar-refractivity contribution in [1.29, 1.82) is 0 Å². The lowest BCUT2D eigenvalue weighted by atomic mass is 10.1. The third-order valence-corrected chi connectivity index (χ3v) is 5.56. The smallest absolute Gasteiger partial charge is 0.155 e. The molecule has 0 aliphatic carbocycles. The van der Waals surface area contributed by atoms with Gasteiger partial charge in [-0.05, 0) is 64.2 Å². The second-order valence-corrected chi connectivity index (χ2v) is 8.35. The van der Waals surface area contributed by atoms with E-state index in [2.05, 4.69) is 53.4 Å². The number of nitrogen functional groups attached to an aromatic ring is 1. The molecule has 0 fully saturated rings. The number of hydrogen-bond acceptors (Lipinski definition) is 8. The molecule has 0 radical (unpaired) electrons. The molecule has 0 saturated heterocycles. The summed E-state index contributed by atoms with van der Waals surface area (Å²) in [5.74, 6) is 2.06. The fraction of sp³-hybridized carbons (Fsp3) is 0.0952. The van der Waals surface area contributed by atoms with E-state index in [4.69, 9.17) is 22.3 Å². The van der Waals surface area contributed by atoms with Gasteiger partial charge < -0.3 is 21.4 Å². The van der Waals surface area contributed by atoms with Crippen LogP contribution in [-0.2, 0) is 0 Å². The molecule has 9 nitrogen and oxygen atoms in total. The molecule has 0 bridgehead atoms. The standard InChI is InChI=1S/C21H18ClIN8O/c22-15-11-12(23)1-2-13(15)19-14(21-27-9-10-28-21)3-5-17(29-19)25-7-8-26-18-6-4-16(31-32)20(24)30-18/h1-6,9-11H,7-8H2,(H,25,29)(H,27,28)(H3,24,26,30). The Morgan fingerprint density at radius 3 is 2.41 bits per heavy atom. The summed E-state index contributed by atoms with van der Waals surface area (Å²) in [7, 11) is 0. The summed E-state index contributed by atoms with van der Waals surface area (Å²) in [5.41, 5.74) is 8.21. The van der Waals surface area contributed by atoms with E-state index in [0.29, 0.717) is 35.6 Å². The molecular weight excluding hydrogens is 543 g/mol. The predicted octanol–water partition coefficient (Wildman–Crippen LogP) is 5.30. The van der Waals surface area contributed by atoms with Crippen LogP contribution in [-0.4, -0.2) is 33.0 Å². The molecule has 0 atom stereocenters. The molecule has 32 heavy (non-hydrogen) atoms. The Bertz CT molecular complexity index is 1250. The van der Waals surface area contributed by atoms with Crippen LogP contribution in [0.15, 0.2) is 60.0 Å². The van der Waals surface area contributed by atoms with E-state index in [0.717, 1.165) is 20.4 Å². The van der Waals surface area contributed by atoms with Crippen LogP contribution in [0.3, 0.4) is 0 Å². The molecule has 0 aliphatic heterocycles. The fourth-order valence-electron chi connectivity index (χ4n) is 3.07. The maximum Gasteiger partial charge on any atom is 0.155 e. The van der Waals surface area contributed by atoms with Crippen molar-refractivity contribution in [2.24, 2.45) is 5.18 Å². The summed E-state index contributed by atoms with van der Waals surface area (Å²) in [6.07, 6.45) is 3.47. The van der Waals surface area contributed by atoms with Crippen LogP contribution < -0.4 is 16.4 Å². The maximum atomic E-state index is 10.6. The number of anilines is 3. The van der Waals surface area contributed by atoms with E-state index in [-0.39, 0.29) is 11.5 Å². The number of imidazole rings is 1. The van der Waals surface area contributed by atoms with Crippen LogP contribution in [0.5, 0.6) is 0 Å². The Morgan fingerprint density at radius 2 is 1.75 bits per heavy atom. The highest BCUT2D eigenvalue weighted by Gasteiger charge is 2.15. The van der Waals surface area contributed by atoms with Gasteiger partial charge in [0.15, 0.2) is 5.82 Å². The maximum absolute atomic E-state index is 10.6. The van der Waals surface area contributed by atoms with E-state index in [1.165, 1.54) is 6.07 Å². The first-order chi connectivity index (χ1) is 15.5. The highest BCUT2D eigenvalue weighted by Crippen LogP contribution is 2.35. The van der Waals surface area contributed by atoms with Gasteiger partial charge in [-0.3, -0.25) is 0 Å². The summed E-state index contributed by atoms with van der Waals surface area (Å²) in [6, 6.07) is 12.9. The zero-order chi connectivity index (χ0) is 22.5. The number of pyridine rings is 2. The molecule has 0 unspecified atom stereocenters. The number of benzene rings is 1. The van der Waals surface area contributed by atoms with E-state index in [9.17, 15) is 4.91 Å². The van der Waals surface area contributed by atoms with E-state index < -0.39 is 0 Å². The summed E-state index contributed by atoms with van der Waals surface area (Å²) in [5, 5.41) is 9.86. The van der Waals surface area contributed by atoms with Crippen LogP contribution in [0.2, 0.25) is 5.02 Å². The normalized spacial score (nSPS) is 10.7. The number of aromatic nitrogens is 4. The Kier molecular flexibility index (Phi) is 6.81. The summed E-state index contributed by atoms with van der Waals surface area (Å²) >= 11 is 8.75. The van der Waals surface area contributed by atoms with Gasteiger partial charge in [0.05, 0.1) is 10.7 Å². The minimum atomic E-state index is 0.0900. The van der Waals surface area contributed by atoms with E-state index >= 15 is 0 Å². The number of nitroso groups, excluding NO2 is 1. The molecule has 3 aromatic heterocycles. The Labute approximate surface area is 202 Å². The van der Waals surface area contributed by atoms with Gasteiger partial charge in [-0.2, -0.15) is 0 Å². The van der Waals surface area contributed by atoms with Gasteiger partial charge in [-0.25, -0.2) is 15.0 Å². The quantitative estimate of drug-likeness (QED) is 0.131. The molecule has 11 heteroatoms. The van der Waals surface area contributed by atoms with Gasteiger partial charge in [0.1, 0.15) is 23.1 Å². The van der Waals surface area contributed by atoms with Gasteiger partial charge >= 0.3 is 0 Å². The van der Waals surface area contributed by atoms with Crippen molar-refractivity contribution in [3.05, 3.63) is 68.4 Å². The molecule has 3 heterocycles. The van der Waals surface area contributed by atoms with Crippen molar-refractivity contribution in [2.75, 3.05) is 29.5 Å². The second kappa shape index (κ2) is 9.92. The van der Waals surface area contributed by atoms with Crippen molar-refractivity contribution in [2.45, 2.75) is 0 Å². The number of halogens is 2. The first-order valence-electron chi connectivity index (χ1n) is 9.59. The molecule has 4 aromatic rings. The Morgan fingerprint density at radius 1 is 1.03 bits per heavy atom. The molecule has 0 aliphatic rings. The molecular formula is C21H18ClIN8O. The van der Waals surface area contributed by atoms with E-state index in [1.54, 1.807) is 18.5 Å². The van der Waals surface area contributed by atoms with Crippen LogP contribution in [0, 0.1) is 8.48 Å². The van der Waals surface area contributed by atoms with Crippen molar-refractivity contribution in [3.8, 4) is 22.6 Å². The summed E-state index contributed by atoms with van der Waals surface area (Å²) < 4.78 is 1.04. The molecule has 0 saturated carbocycles. The largest absolute Gasteiger partial charge is 0.382 e. The van der Waals surface area contributed by atoms with Crippen LogP contribution in [0.4, 0.5) is 23.1 Å². The third kappa shape index (κ3) is 4.97. The average Bonchev–Trinajstić information content (AvgIpc) is 3.31. The van der Waals surface area contributed by atoms with Gasteiger partial charge in [0, 0.05) is 40.2 Å². The highest BCUT2D eigenvalue weighted by atomic mass is 127. The number of hydrogen-bond donors (Lipinski definition) is 4. The Balaban J connectivity index is 1.51. The number of aromatic amines is 1. The molecule has 162 valence electrons. The average molecular weight is 561 g/mol. The summed E-state index contributed by atoms with van der Waals surface area (Å²) in [4.78, 5) is 27.0. The first-order valence-corrected chi connectivity index (χ1v) is 11.0. The van der Waals surface area contributed by atoms with Crippen molar-refractivity contribution in [1.82, 2.24) is 19.9 Å². The molecule has 1 aromatic carbocycles. The molecule has 0 amide bonds. The lowest BCUT2D eigenvalue weighted by Crippen LogP contribution is -2.15. The monoisotopic (exact) mass is 560 g/mol. The zero-order valence-corrected chi connectivity index (χ0v) is 19.6.